The van der Waals surface area contributed by atoms with E-state index in [1.54, 1.807) is 7.05 Å². The van der Waals surface area contributed by atoms with Gasteiger partial charge in [0.15, 0.2) is 5.96 Å². The summed E-state index contributed by atoms with van der Waals surface area (Å²) in [5, 5.41) is 6.43. The van der Waals surface area contributed by atoms with E-state index in [-0.39, 0.29) is 6.61 Å². The molecule has 20 heavy (non-hydrogen) atoms. The molecule has 2 N–H and O–H groups in total. The highest BCUT2D eigenvalue weighted by Gasteiger charge is 2.27. The quantitative estimate of drug-likeness (QED) is 0.449. The summed E-state index contributed by atoms with van der Waals surface area (Å²) in [7, 11) is 1.69. The van der Waals surface area contributed by atoms with Crippen LogP contribution in [0.2, 0.25) is 0 Å². The molecule has 1 fully saturated rings. The minimum absolute atomic E-state index is 0.0902. The van der Waals surface area contributed by atoms with Crippen molar-refractivity contribution in [3.63, 3.8) is 0 Å². The van der Waals surface area contributed by atoms with Crippen molar-refractivity contribution < 1.29 is 17.9 Å². The molecule has 118 valence electrons. The molecule has 0 atom stereocenters. The fourth-order valence-electron chi connectivity index (χ4n) is 2.20. The van der Waals surface area contributed by atoms with Gasteiger partial charge >= 0.3 is 6.18 Å². The highest BCUT2D eigenvalue weighted by molar-refractivity contribution is 5.79. The Bertz CT molecular complexity index is 289. The molecular weight excluding hydrogens is 271 g/mol. The van der Waals surface area contributed by atoms with Gasteiger partial charge in [0.25, 0.3) is 0 Å². The number of halogens is 3. The van der Waals surface area contributed by atoms with Crippen LogP contribution in [-0.2, 0) is 4.74 Å². The number of guanidine groups is 1. The van der Waals surface area contributed by atoms with Gasteiger partial charge in [-0.2, -0.15) is 13.2 Å². The van der Waals surface area contributed by atoms with Crippen LogP contribution in [0.1, 0.15) is 38.5 Å². The molecule has 0 saturated heterocycles. The second kappa shape index (κ2) is 9.05. The number of alkyl halides is 3. The summed E-state index contributed by atoms with van der Waals surface area (Å²) in [6, 6.07) is 0.455. The fraction of sp³-hybridized carbons (Fsp3) is 0.923. The van der Waals surface area contributed by atoms with Crippen LogP contribution in [0, 0.1) is 0 Å². The maximum absolute atomic E-state index is 11.8. The van der Waals surface area contributed by atoms with Crippen molar-refractivity contribution in [1.82, 2.24) is 10.6 Å². The first-order valence-electron chi connectivity index (χ1n) is 7.13. The van der Waals surface area contributed by atoms with E-state index < -0.39 is 12.8 Å². The molecule has 1 rings (SSSR count). The molecule has 1 aliphatic carbocycles. The van der Waals surface area contributed by atoms with Crippen molar-refractivity contribution >= 4 is 5.96 Å². The van der Waals surface area contributed by atoms with Crippen LogP contribution in [0.3, 0.4) is 0 Å². The molecule has 0 aromatic heterocycles. The molecule has 0 aromatic carbocycles. The van der Waals surface area contributed by atoms with Gasteiger partial charge in [0.2, 0.25) is 0 Å². The lowest BCUT2D eigenvalue weighted by molar-refractivity contribution is -0.173. The molecule has 0 bridgehead atoms. The Balaban J connectivity index is 2.06. The predicted octanol–water partition coefficient (Wildman–Crippen LogP) is 2.45. The third-order valence-corrected chi connectivity index (χ3v) is 3.19. The Morgan fingerprint density at radius 2 is 1.95 bits per heavy atom. The third kappa shape index (κ3) is 8.24. The van der Waals surface area contributed by atoms with E-state index in [1.165, 1.54) is 19.3 Å². The van der Waals surface area contributed by atoms with Crippen LogP contribution in [0.25, 0.3) is 0 Å². The van der Waals surface area contributed by atoms with E-state index in [0.717, 1.165) is 12.8 Å². The van der Waals surface area contributed by atoms with Crippen LogP contribution in [-0.4, -0.2) is 45.0 Å². The standard InChI is InChI=1S/C13H24F3N3O/c1-17-12(19-11-6-3-2-4-7-11)18-8-5-9-20-10-13(14,15)16/h11H,2-10H2,1H3,(H2,17,18,19). The lowest BCUT2D eigenvalue weighted by Crippen LogP contribution is -2.44. The Hall–Kier alpha value is -0.980. The number of aliphatic imine (C=N–C) groups is 1. The molecule has 4 nitrogen and oxygen atoms in total. The normalized spacial score (nSPS) is 18.1. The zero-order chi connectivity index (χ0) is 14.8. The van der Waals surface area contributed by atoms with Gasteiger partial charge in [-0.15, -0.1) is 0 Å². The molecule has 0 aliphatic heterocycles. The topological polar surface area (TPSA) is 45.7 Å². The Labute approximate surface area is 118 Å². The SMILES string of the molecule is CN=C(NCCCOCC(F)(F)F)NC1CCCCC1. The van der Waals surface area contributed by atoms with Gasteiger partial charge in [-0.3, -0.25) is 4.99 Å². The molecule has 1 aliphatic rings. The first-order valence-corrected chi connectivity index (χ1v) is 7.13. The lowest BCUT2D eigenvalue weighted by atomic mass is 9.96. The number of hydrogen-bond acceptors (Lipinski definition) is 2. The van der Waals surface area contributed by atoms with Gasteiger partial charge in [-0.05, 0) is 19.3 Å². The van der Waals surface area contributed by atoms with Gasteiger partial charge in [0, 0.05) is 26.2 Å². The first kappa shape index (κ1) is 17.1. The van der Waals surface area contributed by atoms with E-state index in [1.807, 2.05) is 0 Å². The Kier molecular flexibility index (Phi) is 7.72. The molecule has 7 heteroatoms. The minimum atomic E-state index is -4.24. The number of hydrogen-bond donors (Lipinski definition) is 2. The van der Waals surface area contributed by atoms with E-state index in [0.29, 0.717) is 25.0 Å². The van der Waals surface area contributed by atoms with Crippen molar-refractivity contribution in [3.8, 4) is 0 Å². The average molecular weight is 295 g/mol. The Morgan fingerprint density at radius 1 is 1.25 bits per heavy atom. The van der Waals surface area contributed by atoms with E-state index in [4.69, 9.17) is 0 Å². The van der Waals surface area contributed by atoms with E-state index in [9.17, 15) is 13.2 Å². The van der Waals surface area contributed by atoms with Crippen molar-refractivity contribution in [2.24, 2.45) is 4.99 Å². The summed E-state index contributed by atoms with van der Waals surface area (Å²) in [6.07, 6.45) is 2.33. The zero-order valence-corrected chi connectivity index (χ0v) is 11.9. The molecule has 0 aromatic rings. The molecular formula is C13H24F3N3O. The number of nitrogens with zero attached hydrogens (tertiary/aromatic N) is 1. The highest BCUT2D eigenvalue weighted by atomic mass is 19.4. The number of rotatable bonds is 6. The van der Waals surface area contributed by atoms with Gasteiger partial charge in [-0.1, -0.05) is 19.3 Å². The van der Waals surface area contributed by atoms with Crippen LogP contribution < -0.4 is 10.6 Å². The number of nitrogens with one attached hydrogen (secondary N) is 2. The van der Waals surface area contributed by atoms with Crippen molar-refractivity contribution in [3.05, 3.63) is 0 Å². The summed E-state index contributed by atoms with van der Waals surface area (Å²) in [4.78, 5) is 4.11. The van der Waals surface area contributed by atoms with Crippen molar-refractivity contribution in [1.29, 1.82) is 0 Å². The summed E-state index contributed by atoms with van der Waals surface area (Å²) in [5.41, 5.74) is 0. The molecule has 0 spiro atoms. The molecule has 0 unspecified atom stereocenters. The van der Waals surface area contributed by atoms with E-state index in [2.05, 4.69) is 20.4 Å². The molecule has 0 radical (unpaired) electrons. The van der Waals surface area contributed by atoms with Gasteiger partial charge in [0.1, 0.15) is 6.61 Å². The van der Waals surface area contributed by atoms with Crippen LogP contribution in [0.5, 0.6) is 0 Å². The second-order valence-electron chi connectivity index (χ2n) is 5.00. The molecule has 0 heterocycles. The van der Waals surface area contributed by atoms with Crippen LogP contribution in [0.4, 0.5) is 13.2 Å². The predicted molar refractivity (Wildman–Crippen MR) is 72.9 cm³/mol. The summed E-state index contributed by atoms with van der Waals surface area (Å²) < 4.78 is 40.1. The largest absolute Gasteiger partial charge is 0.411 e. The molecule has 1 saturated carbocycles. The van der Waals surface area contributed by atoms with E-state index >= 15 is 0 Å². The average Bonchev–Trinajstić information content (AvgIpc) is 2.41. The maximum Gasteiger partial charge on any atom is 0.411 e. The first-order chi connectivity index (χ1) is 9.51. The van der Waals surface area contributed by atoms with Crippen LogP contribution in [0.15, 0.2) is 4.99 Å². The maximum atomic E-state index is 11.8. The van der Waals surface area contributed by atoms with Crippen molar-refractivity contribution in [2.75, 3.05) is 26.8 Å². The van der Waals surface area contributed by atoms with Gasteiger partial charge < -0.3 is 15.4 Å². The van der Waals surface area contributed by atoms with Gasteiger partial charge in [-0.25, -0.2) is 0 Å². The van der Waals surface area contributed by atoms with Crippen molar-refractivity contribution in [2.45, 2.75) is 50.7 Å². The Morgan fingerprint density at radius 3 is 2.55 bits per heavy atom. The monoisotopic (exact) mass is 295 g/mol. The third-order valence-electron chi connectivity index (χ3n) is 3.19. The summed E-state index contributed by atoms with van der Waals surface area (Å²) in [5.74, 6) is 0.715. The zero-order valence-electron chi connectivity index (χ0n) is 11.9. The minimum Gasteiger partial charge on any atom is -0.372 e. The van der Waals surface area contributed by atoms with Crippen LogP contribution >= 0.6 is 0 Å². The number of ether oxygens (including phenoxy) is 1. The van der Waals surface area contributed by atoms with Gasteiger partial charge in [0.05, 0.1) is 0 Å². The summed E-state index contributed by atoms with van der Waals surface area (Å²) in [6.45, 7) is -0.542. The summed E-state index contributed by atoms with van der Waals surface area (Å²) >= 11 is 0. The molecule has 0 amide bonds. The lowest BCUT2D eigenvalue weighted by Gasteiger charge is -2.24. The smallest absolute Gasteiger partial charge is 0.372 e. The second-order valence-corrected chi connectivity index (χ2v) is 5.00. The fourth-order valence-corrected chi connectivity index (χ4v) is 2.20. The highest BCUT2D eigenvalue weighted by Crippen LogP contribution is 2.17.